The lowest BCUT2D eigenvalue weighted by molar-refractivity contribution is -0.136. The van der Waals surface area contributed by atoms with Crippen molar-refractivity contribution in [2.75, 3.05) is 6.54 Å². The molecule has 1 rings (SSSR count). The molecule has 15 heavy (non-hydrogen) atoms. The smallest absolute Gasteiger partial charge is 0.308 e. The Morgan fingerprint density at radius 2 is 2.20 bits per heavy atom. The molecule has 0 bridgehead atoms. The van der Waals surface area contributed by atoms with E-state index in [4.69, 9.17) is 5.11 Å². The lowest BCUT2D eigenvalue weighted by Gasteiger charge is -1.99. The first-order valence-electron chi connectivity index (χ1n) is 4.26. The molecule has 5 nitrogen and oxygen atoms in total. The third kappa shape index (κ3) is 3.29. The van der Waals surface area contributed by atoms with Crippen molar-refractivity contribution in [3.05, 3.63) is 17.0 Å². The number of carboxylic acid groups (broad SMARTS) is 1. The van der Waals surface area contributed by atoms with Crippen molar-refractivity contribution in [2.24, 2.45) is 0 Å². The molecule has 2 N–H and O–H groups in total. The van der Waals surface area contributed by atoms with E-state index >= 15 is 0 Å². The molecule has 1 aromatic heterocycles. The Morgan fingerprint density at radius 3 is 2.73 bits per heavy atom. The summed E-state index contributed by atoms with van der Waals surface area (Å²) in [6.07, 6.45) is -0.147. The molecule has 0 aliphatic heterocycles. The van der Waals surface area contributed by atoms with E-state index in [-0.39, 0.29) is 10.6 Å². The highest BCUT2D eigenvalue weighted by atomic mass is 32.2. The van der Waals surface area contributed by atoms with Crippen molar-refractivity contribution in [3.8, 4) is 0 Å². The highest BCUT2D eigenvalue weighted by Gasteiger charge is 2.16. The standard InChI is InChI=1S/C8H11NO4S2/c1-2-9-15(12,13)8-4-3-6(14-8)5-7(10)11/h3-4,9H,2,5H2,1H3,(H,10,11). The minimum atomic E-state index is -3.45. The van der Waals surface area contributed by atoms with Crippen molar-refractivity contribution in [1.82, 2.24) is 4.72 Å². The minimum absolute atomic E-state index is 0.147. The van der Waals surface area contributed by atoms with E-state index in [1.807, 2.05) is 0 Å². The number of aliphatic carboxylic acids is 1. The first kappa shape index (κ1) is 12.2. The summed E-state index contributed by atoms with van der Waals surface area (Å²) in [6, 6.07) is 2.93. The first-order chi connectivity index (χ1) is 6.95. The molecule has 0 aliphatic rings. The molecular formula is C8H11NO4S2. The Bertz CT molecular complexity index is 449. The van der Waals surface area contributed by atoms with Gasteiger partial charge in [-0.1, -0.05) is 6.92 Å². The first-order valence-corrected chi connectivity index (χ1v) is 6.56. The molecule has 0 saturated carbocycles. The van der Waals surface area contributed by atoms with Crippen LogP contribution in [0, 0.1) is 0 Å². The van der Waals surface area contributed by atoms with Crippen molar-refractivity contribution in [2.45, 2.75) is 17.6 Å². The predicted molar refractivity (Wildman–Crippen MR) is 56.5 cm³/mol. The maximum atomic E-state index is 11.5. The fourth-order valence-corrected chi connectivity index (χ4v) is 3.44. The summed E-state index contributed by atoms with van der Waals surface area (Å²) >= 11 is 0.977. The average Bonchev–Trinajstić information content (AvgIpc) is 2.51. The Morgan fingerprint density at radius 1 is 1.53 bits per heavy atom. The van der Waals surface area contributed by atoms with Gasteiger partial charge in [-0.15, -0.1) is 11.3 Å². The summed E-state index contributed by atoms with van der Waals surface area (Å²) < 4.78 is 25.5. The quantitative estimate of drug-likeness (QED) is 0.803. The van der Waals surface area contributed by atoms with Crippen LogP contribution in [0.5, 0.6) is 0 Å². The van der Waals surface area contributed by atoms with Crippen LogP contribution in [-0.4, -0.2) is 26.0 Å². The molecule has 0 amide bonds. The normalized spacial score (nSPS) is 11.5. The zero-order valence-electron chi connectivity index (χ0n) is 8.06. The Balaban J connectivity index is 2.89. The number of carboxylic acids is 1. The number of hydrogen-bond donors (Lipinski definition) is 2. The van der Waals surface area contributed by atoms with E-state index in [1.54, 1.807) is 6.92 Å². The van der Waals surface area contributed by atoms with Crippen LogP contribution in [0.25, 0.3) is 0 Å². The fourth-order valence-electron chi connectivity index (χ4n) is 1.01. The van der Waals surface area contributed by atoms with Crippen molar-refractivity contribution >= 4 is 27.3 Å². The number of thiophene rings is 1. The molecule has 0 aromatic carbocycles. The van der Waals surface area contributed by atoms with Gasteiger partial charge in [0.25, 0.3) is 0 Å². The lowest BCUT2D eigenvalue weighted by Crippen LogP contribution is -2.22. The Hall–Kier alpha value is -0.920. The maximum absolute atomic E-state index is 11.5. The van der Waals surface area contributed by atoms with Crippen LogP contribution in [0.3, 0.4) is 0 Å². The van der Waals surface area contributed by atoms with Gasteiger partial charge in [0.15, 0.2) is 0 Å². The van der Waals surface area contributed by atoms with Gasteiger partial charge in [0.2, 0.25) is 10.0 Å². The van der Waals surface area contributed by atoms with E-state index in [9.17, 15) is 13.2 Å². The third-order valence-corrected chi connectivity index (χ3v) is 4.68. The zero-order chi connectivity index (χ0) is 11.5. The van der Waals surface area contributed by atoms with E-state index in [0.29, 0.717) is 11.4 Å². The molecule has 7 heteroatoms. The van der Waals surface area contributed by atoms with Crippen LogP contribution in [0.4, 0.5) is 0 Å². The summed E-state index contributed by atoms with van der Waals surface area (Å²) in [5.41, 5.74) is 0. The van der Waals surface area contributed by atoms with Gasteiger partial charge in [-0.3, -0.25) is 4.79 Å². The molecular weight excluding hydrogens is 238 g/mol. The number of nitrogens with one attached hydrogen (secondary N) is 1. The van der Waals surface area contributed by atoms with Crippen LogP contribution in [-0.2, 0) is 21.2 Å². The number of sulfonamides is 1. The van der Waals surface area contributed by atoms with Gasteiger partial charge < -0.3 is 5.11 Å². The zero-order valence-corrected chi connectivity index (χ0v) is 9.69. The van der Waals surface area contributed by atoms with Crippen LogP contribution in [0.2, 0.25) is 0 Å². The van der Waals surface area contributed by atoms with Crippen LogP contribution >= 0.6 is 11.3 Å². The second-order valence-corrected chi connectivity index (χ2v) is 5.95. The second-order valence-electron chi connectivity index (χ2n) is 2.79. The summed E-state index contributed by atoms with van der Waals surface area (Å²) in [4.78, 5) is 10.9. The third-order valence-electron chi connectivity index (χ3n) is 1.56. The molecule has 1 aromatic rings. The van der Waals surface area contributed by atoms with Crippen molar-refractivity contribution < 1.29 is 18.3 Å². The molecule has 0 fully saturated rings. The molecule has 0 unspecified atom stereocenters. The van der Waals surface area contributed by atoms with Gasteiger partial charge >= 0.3 is 5.97 Å². The molecule has 0 spiro atoms. The van der Waals surface area contributed by atoms with Crippen LogP contribution in [0.15, 0.2) is 16.3 Å². The molecule has 84 valence electrons. The summed E-state index contributed by atoms with van der Waals surface area (Å²) in [6.45, 7) is 2.00. The second kappa shape index (κ2) is 4.73. The summed E-state index contributed by atoms with van der Waals surface area (Å²) in [5, 5.41) is 8.52. The van der Waals surface area contributed by atoms with Crippen molar-refractivity contribution in [3.63, 3.8) is 0 Å². The highest BCUT2D eigenvalue weighted by Crippen LogP contribution is 2.21. The molecule has 0 radical (unpaired) electrons. The fraction of sp³-hybridized carbons (Fsp3) is 0.375. The van der Waals surface area contributed by atoms with E-state index in [1.165, 1.54) is 12.1 Å². The van der Waals surface area contributed by atoms with Gasteiger partial charge in [0, 0.05) is 11.4 Å². The monoisotopic (exact) mass is 249 g/mol. The average molecular weight is 249 g/mol. The SMILES string of the molecule is CCNS(=O)(=O)c1ccc(CC(=O)O)s1. The van der Waals surface area contributed by atoms with Gasteiger partial charge in [0.1, 0.15) is 4.21 Å². The van der Waals surface area contributed by atoms with Crippen molar-refractivity contribution in [1.29, 1.82) is 0 Å². The van der Waals surface area contributed by atoms with Crippen LogP contribution in [0.1, 0.15) is 11.8 Å². The number of hydrogen-bond acceptors (Lipinski definition) is 4. The minimum Gasteiger partial charge on any atom is -0.481 e. The Labute approximate surface area is 91.8 Å². The summed E-state index contributed by atoms with van der Waals surface area (Å²) in [5.74, 6) is -0.968. The largest absolute Gasteiger partial charge is 0.481 e. The van der Waals surface area contributed by atoms with Gasteiger partial charge in [-0.25, -0.2) is 13.1 Å². The molecule has 0 saturated heterocycles. The number of rotatable bonds is 5. The van der Waals surface area contributed by atoms with E-state index in [0.717, 1.165) is 11.3 Å². The highest BCUT2D eigenvalue weighted by molar-refractivity contribution is 7.91. The topological polar surface area (TPSA) is 83.5 Å². The van der Waals surface area contributed by atoms with Gasteiger partial charge in [-0.05, 0) is 12.1 Å². The predicted octanol–water partition coefficient (Wildman–Crippen LogP) is 0.673. The molecule has 0 aliphatic carbocycles. The van der Waals surface area contributed by atoms with Crippen LogP contribution < -0.4 is 4.72 Å². The molecule has 0 atom stereocenters. The lowest BCUT2D eigenvalue weighted by atomic mass is 10.3. The molecule has 1 heterocycles. The summed E-state index contributed by atoms with van der Waals surface area (Å²) in [7, 11) is -3.45. The maximum Gasteiger partial charge on any atom is 0.308 e. The van der Waals surface area contributed by atoms with E-state index in [2.05, 4.69) is 4.72 Å². The Kier molecular flexibility index (Phi) is 3.83. The van der Waals surface area contributed by atoms with Gasteiger partial charge in [0.05, 0.1) is 6.42 Å². The van der Waals surface area contributed by atoms with E-state index < -0.39 is 16.0 Å². The number of carbonyl (C=O) groups is 1. The van der Waals surface area contributed by atoms with Gasteiger partial charge in [-0.2, -0.15) is 0 Å².